The SMILES string of the molecule is CCOc1ccc(C2c3c(oc4ccc(F)cc4c3=O)C(=O)N2c2nc(C)c(C)s2)cc1. The highest BCUT2D eigenvalue weighted by Crippen LogP contribution is 2.43. The molecule has 3 heterocycles. The second kappa shape index (κ2) is 7.56. The van der Waals surface area contributed by atoms with Gasteiger partial charge in [0, 0.05) is 4.88 Å². The van der Waals surface area contributed by atoms with Crippen LogP contribution in [0.3, 0.4) is 0 Å². The third-order valence-corrected chi connectivity index (χ3v) is 6.63. The van der Waals surface area contributed by atoms with Gasteiger partial charge in [0.1, 0.15) is 17.1 Å². The topological polar surface area (TPSA) is 72.6 Å². The van der Waals surface area contributed by atoms with E-state index in [1.165, 1.54) is 28.4 Å². The van der Waals surface area contributed by atoms with Crippen LogP contribution in [0.1, 0.15) is 45.2 Å². The maximum Gasteiger partial charge on any atom is 0.297 e. The van der Waals surface area contributed by atoms with Crippen LogP contribution in [0.15, 0.2) is 51.7 Å². The van der Waals surface area contributed by atoms with Gasteiger partial charge in [-0.15, -0.1) is 11.3 Å². The predicted molar refractivity (Wildman–Crippen MR) is 120 cm³/mol. The fraction of sp³-hybridized carbons (Fsp3) is 0.208. The third kappa shape index (κ3) is 3.10. The first-order valence-electron chi connectivity index (χ1n) is 10.2. The van der Waals surface area contributed by atoms with Crippen molar-refractivity contribution >= 4 is 33.3 Å². The Labute approximate surface area is 186 Å². The van der Waals surface area contributed by atoms with Crippen molar-refractivity contribution in [1.82, 2.24) is 4.98 Å². The number of aromatic nitrogens is 1. The highest BCUT2D eigenvalue weighted by atomic mass is 32.1. The molecule has 1 aliphatic rings. The van der Waals surface area contributed by atoms with Crippen molar-refractivity contribution in [3.63, 3.8) is 0 Å². The summed E-state index contributed by atoms with van der Waals surface area (Å²) in [5, 5.41) is 0.575. The first-order valence-corrected chi connectivity index (χ1v) is 11.0. The number of hydrogen-bond donors (Lipinski definition) is 0. The van der Waals surface area contributed by atoms with Gasteiger partial charge >= 0.3 is 0 Å². The molecular formula is C24H19FN2O4S. The van der Waals surface area contributed by atoms with Gasteiger partial charge in [0.05, 0.1) is 29.3 Å². The minimum Gasteiger partial charge on any atom is -0.494 e. The average Bonchev–Trinajstić information content (AvgIpc) is 3.26. The molecule has 2 aromatic heterocycles. The molecular weight excluding hydrogens is 431 g/mol. The Morgan fingerprint density at radius 1 is 1.16 bits per heavy atom. The Kier molecular flexibility index (Phi) is 4.82. The van der Waals surface area contributed by atoms with Crippen LogP contribution in [0.25, 0.3) is 11.0 Å². The Hall–Kier alpha value is -3.52. The van der Waals surface area contributed by atoms with Gasteiger partial charge in [-0.05, 0) is 56.7 Å². The molecule has 4 aromatic rings. The minimum absolute atomic E-state index is 0.0431. The molecule has 0 aliphatic carbocycles. The number of amides is 1. The van der Waals surface area contributed by atoms with E-state index in [0.29, 0.717) is 23.1 Å². The van der Waals surface area contributed by atoms with Crippen LogP contribution in [0.5, 0.6) is 5.75 Å². The van der Waals surface area contributed by atoms with Crippen LogP contribution in [0.4, 0.5) is 9.52 Å². The largest absolute Gasteiger partial charge is 0.494 e. The molecule has 0 spiro atoms. The molecule has 1 unspecified atom stereocenters. The molecule has 0 radical (unpaired) electrons. The normalized spacial score (nSPS) is 15.4. The zero-order valence-corrected chi connectivity index (χ0v) is 18.5. The lowest BCUT2D eigenvalue weighted by Gasteiger charge is -2.22. The molecule has 0 N–H and O–H groups in total. The quantitative estimate of drug-likeness (QED) is 0.430. The minimum atomic E-state index is -0.748. The van der Waals surface area contributed by atoms with Gasteiger partial charge in [0.2, 0.25) is 5.76 Å². The van der Waals surface area contributed by atoms with Gasteiger partial charge in [-0.1, -0.05) is 12.1 Å². The van der Waals surface area contributed by atoms with Crippen molar-refractivity contribution in [1.29, 1.82) is 0 Å². The Bertz CT molecular complexity index is 1410. The summed E-state index contributed by atoms with van der Waals surface area (Å²) in [6.07, 6.45) is 0. The number of carbonyl (C=O) groups excluding carboxylic acids is 1. The fourth-order valence-electron chi connectivity index (χ4n) is 3.93. The number of anilines is 1. The van der Waals surface area contributed by atoms with Crippen molar-refractivity contribution in [3.8, 4) is 5.75 Å². The van der Waals surface area contributed by atoms with E-state index in [1.54, 1.807) is 12.1 Å². The van der Waals surface area contributed by atoms with Crippen molar-refractivity contribution in [3.05, 3.63) is 86.0 Å². The molecule has 1 amide bonds. The third-order valence-electron chi connectivity index (χ3n) is 5.56. The first-order chi connectivity index (χ1) is 15.4. The number of thiazole rings is 1. The number of rotatable bonds is 4. The van der Waals surface area contributed by atoms with Crippen molar-refractivity contribution < 1.29 is 18.3 Å². The van der Waals surface area contributed by atoms with Crippen LogP contribution < -0.4 is 15.1 Å². The number of halogens is 1. The summed E-state index contributed by atoms with van der Waals surface area (Å²) in [5.41, 5.74) is 1.44. The molecule has 0 saturated carbocycles. The average molecular weight is 450 g/mol. The number of ether oxygens (including phenoxy) is 1. The van der Waals surface area contributed by atoms with Crippen LogP contribution >= 0.6 is 11.3 Å². The molecule has 0 fully saturated rings. The van der Waals surface area contributed by atoms with E-state index in [9.17, 15) is 14.0 Å². The van der Waals surface area contributed by atoms with E-state index in [2.05, 4.69) is 4.98 Å². The summed E-state index contributed by atoms with van der Waals surface area (Å²) in [5.74, 6) is -0.356. The van der Waals surface area contributed by atoms with Gasteiger partial charge in [0.15, 0.2) is 10.6 Å². The summed E-state index contributed by atoms with van der Waals surface area (Å²) in [6.45, 7) is 6.21. The molecule has 32 heavy (non-hydrogen) atoms. The van der Waals surface area contributed by atoms with E-state index in [0.717, 1.165) is 16.6 Å². The number of aryl methyl sites for hydroxylation is 2. The maximum absolute atomic E-state index is 13.9. The molecule has 2 aromatic carbocycles. The molecule has 1 aliphatic heterocycles. The predicted octanol–water partition coefficient (Wildman–Crippen LogP) is 5.15. The van der Waals surface area contributed by atoms with E-state index >= 15 is 0 Å². The summed E-state index contributed by atoms with van der Waals surface area (Å²) in [6, 6.07) is 10.2. The Balaban J connectivity index is 1.77. The molecule has 6 nitrogen and oxygen atoms in total. The van der Waals surface area contributed by atoms with Crippen molar-refractivity contribution in [2.75, 3.05) is 11.5 Å². The van der Waals surface area contributed by atoms with E-state index < -0.39 is 23.2 Å². The van der Waals surface area contributed by atoms with Crippen LogP contribution in [-0.4, -0.2) is 17.5 Å². The number of carbonyl (C=O) groups is 1. The number of fused-ring (bicyclic) bond motifs is 2. The lowest BCUT2D eigenvalue weighted by atomic mass is 9.98. The highest BCUT2D eigenvalue weighted by Gasteiger charge is 2.45. The van der Waals surface area contributed by atoms with Gasteiger partial charge in [0.25, 0.3) is 5.91 Å². The Morgan fingerprint density at radius 3 is 2.56 bits per heavy atom. The monoisotopic (exact) mass is 450 g/mol. The highest BCUT2D eigenvalue weighted by molar-refractivity contribution is 7.15. The zero-order chi connectivity index (χ0) is 22.6. The first kappa shape index (κ1) is 20.4. The zero-order valence-electron chi connectivity index (χ0n) is 17.6. The number of hydrogen-bond acceptors (Lipinski definition) is 6. The van der Waals surface area contributed by atoms with E-state index in [1.807, 2.05) is 32.9 Å². The number of nitrogens with zero attached hydrogens (tertiary/aromatic N) is 2. The smallest absolute Gasteiger partial charge is 0.297 e. The lowest BCUT2D eigenvalue weighted by Crippen LogP contribution is -2.29. The second-order valence-electron chi connectivity index (χ2n) is 7.53. The maximum atomic E-state index is 13.9. The molecule has 0 saturated heterocycles. The molecule has 8 heteroatoms. The second-order valence-corrected chi connectivity index (χ2v) is 8.71. The Morgan fingerprint density at radius 2 is 1.91 bits per heavy atom. The van der Waals surface area contributed by atoms with Crippen molar-refractivity contribution in [2.45, 2.75) is 26.8 Å². The summed E-state index contributed by atoms with van der Waals surface area (Å²) in [4.78, 5) is 34.0. The van der Waals surface area contributed by atoms with Gasteiger partial charge in [-0.2, -0.15) is 0 Å². The van der Waals surface area contributed by atoms with Crippen LogP contribution in [0, 0.1) is 19.7 Å². The van der Waals surface area contributed by atoms with Gasteiger partial charge in [-0.3, -0.25) is 14.5 Å². The van der Waals surface area contributed by atoms with E-state index in [-0.39, 0.29) is 22.3 Å². The van der Waals surface area contributed by atoms with Gasteiger partial charge in [-0.25, -0.2) is 9.37 Å². The van der Waals surface area contributed by atoms with E-state index in [4.69, 9.17) is 9.15 Å². The van der Waals surface area contributed by atoms with Gasteiger partial charge < -0.3 is 9.15 Å². The molecule has 1 atom stereocenters. The van der Waals surface area contributed by atoms with Crippen LogP contribution in [0.2, 0.25) is 0 Å². The summed E-state index contributed by atoms with van der Waals surface area (Å²) in [7, 11) is 0. The van der Waals surface area contributed by atoms with Crippen LogP contribution in [-0.2, 0) is 0 Å². The standard InChI is InChI=1S/C24H19FN2O4S/c1-4-30-16-8-5-14(6-9-16)20-19-21(28)17-11-15(25)7-10-18(17)31-22(19)23(29)27(20)24-26-12(2)13(3)32-24/h5-11,20H,4H2,1-3H3. The summed E-state index contributed by atoms with van der Waals surface area (Å²) >= 11 is 1.37. The molecule has 0 bridgehead atoms. The molecule has 5 rings (SSSR count). The number of benzene rings is 2. The fourth-order valence-corrected chi connectivity index (χ4v) is 4.87. The summed E-state index contributed by atoms with van der Waals surface area (Å²) < 4.78 is 25.3. The van der Waals surface area contributed by atoms with Crippen molar-refractivity contribution in [2.24, 2.45) is 0 Å². The lowest BCUT2D eigenvalue weighted by molar-refractivity contribution is 0.0971. The molecule has 162 valence electrons.